The van der Waals surface area contributed by atoms with Gasteiger partial charge in [-0.05, 0) is 19.3 Å². The molecule has 0 aliphatic carbocycles. The third kappa shape index (κ3) is 7.10. The van der Waals surface area contributed by atoms with Crippen LogP contribution < -0.4 is 0 Å². The van der Waals surface area contributed by atoms with Gasteiger partial charge in [0.15, 0.2) is 0 Å². The third-order valence-corrected chi connectivity index (χ3v) is 1.35. The fourth-order valence-corrected chi connectivity index (χ4v) is 0.696. The lowest BCUT2D eigenvalue weighted by Gasteiger charge is -2.07. The first kappa shape index (κ1) is 10.2. The Morgan fingerprint density at radius 1 is 1.64 bits per heavy atom. The number of hydrogen-bond acceptors (Lipinski definition) is 2. The lowest BCUT2D eigenvalue weighted by molar-refractivity contribution is -0.142. The summed E-state index contributed by atoms with van der Waals surface area (Å²) in [4.78, 5) is 10.4. The molecule has 0 spiro atoms. The predicted octanol–water partition coefficient (Wildman–Crippen LogP) is 2.15. The summed E-state index contributed by atoms with van der Waals surface area (Å²) in [6.45, 7) is 6.00. The molecule has 0 saturated carbocycles. The van der Waals surface area contributed by atoms with Gasteiger partial charge in [0.1, 0.15) is 0 Å². The molecule has 1 atom stereocenters. The molecule has 0 fully saturated rings. The van der Waals surface area contributed by atoms with Gasteiger partial charge in [-0.25, -0.2) is 0 Å². The zero-order valence-corrected chi connectivity index (χ0v) is 7.46. The summed E-state index contributed by atoms with van der Waals surface area (Å²) in [7, 11) is 0. The molecule has 0 bridgehead atoms. The van der Waals surface area contributed by atoms with Crippen LogP contribution >= 0.6 is 0 Å². The number of esters is 1. The minimum Gasteiger partial charge on any atom is -0.466 e. The topological polar surface area (TPSA) is 26.3 Å². The molecule has 0 aliphatic heterocycles. The van der Waals surface area contributed by atoms with Gasteiger partial charge >= 0.3 is 5.97 Å². The number of allylic oxidation sites excluding steroid dienone is 2. The molecule has 0 aromatic heterocycles. The Hall–Kier alpha value is -0.790. The Kier molecular flexibility index (Phi) is 5.53. The highest BCUT2D eigenvalue weighted by Crippen LogP contribution is 2.02. The highest BCUT2D eigenvalue weighted by atomic mass is 16.5. The summed E-state index contributed by atoms with van der Waals surface area (Å²) < 4.78 is 4.83. The largest absolute Gasteiger partial charge is 0.466 e. The summed E-state index contributed by atoms with van der Waals surface area (Å²) >= 11 is 0. The SMILES string of the molecule is CC=CCC(C)COC(C)=O. The first-order chi connectivity index (χ1) is 5.16. The van der Waals surface area contributed by atoms with Crippen LogP contribution in [-0.2, 0) is 9.53 Å². The standard InChI is InChI=1S/C9H16O2/c1-4-5-6-8(2)7-11-9(3)10/h4-5,8H,6-7H2,1-3H3. The molecule has 0 aromatic rings. The van der Waals surface area contributed by atoms with E-state index >= 15 is 0 Å². The molecule has 1 unspecified atom stereocenters. The Morgan fingerprint density at radius 3 is 2.73 bits per heavy atom. The number of rotatable bonds is 4. The Balaban J connectivity index is 3.36. The van der Waals surface area contributed by atoms with Crippen molar-refractivity contribution in [2.75, 3.05) is 6.61 Å². The van der Waals surface area contributed by atoms with E-state index in [1.54, 1.807) is 0 Å². The molecule has 11 heavy (non-hydrogen) atoms. The van der Waals surface area contributed by atoms with Crippen LogP contribution in [0.2, 0.25) is 0 Å². The van der Waals surface area contributed by atoms with Crippen molar-refractivity contribution in [1.82, 2.24) is 0 Å². The van der Waals surface area contributed by atoms with Gasteiger partial charge in [-0.2, -0.15) is 0 Å². The van der Waals surface area contributed by atoms with Crippen molar-refractivity contribution >= 4 is 5.97 Å². The van der Waals surface area contributed by atoms with E-state index in [1.807, 2.05) is 13.0 Å². The third-order valence-electron chi connectivity index (χ3n) is 1.35. The maximum absolute atomic E-state index is 10.4. The smallest absolute Gasteiger partial charge is 0.302 e. The van der Waals surface area contributed by atoms with Gasteiger partial charge in [-0.3, -0.25) is 4.79 Å². The lowest BCUT2D eigenvalue weighted by Crippen LogP contribution is -2.08. The van der Waals surface area contributed by atoms with Crippen LogP contribution in [0.25, 0.3) is 0 Å². The van der Waals surface area contributed by atoms with Gasteiger partial charge in [-0.15, -0.1) is 0 Å². The van der Waals surface area contributed by atoms with Crippen LogP contribution in [-0.4, -0.2) is 12.6 Å². The Morgan fingerprint density at radius 2 is 2.27 bits per heavy atom. The van der Waals surface area contributed by atoms with Gasteiger partial charge in [0.2, 0.25) is 0 Å². The van der Waals surface area contributed by atoms with Crippen LogP contribution in [0.15, 0.2) is 12.2 Å². The molecule has 0 radical (unpaired) electrons. The normalized spacial score (nSPS) is 13.4. The molecule has 0 saturated heterocycles. The molecule has 0 N–H and O–H groups in total. The molecule has 0 rings (SSSR count). The molecule has 0 heterocycles. The van der Waals surface area contributed by atoms with Crippen molar-refractivity contribution in [3.63, 3.8) is 0 Å². The average Bonchev–Trinajstić information content (AvgIpc) is 1.97. The maximum Gasteiger partial charge on any atom is 0.302 e. The van der Waals surface area contributed by atoms with Gasteiger partial charge < -0.3 is 4.74 Å². The van der Waals surface area contributed by atoms with E-state index in [1.165, 1.54) is 6.92 Å². The Bertz CT molecular complexity index is 138. The van der Waals surface area contributed by atoms with Crippen molar-refractivity contribution in [1.29, 1.82) is 0 Å². The molecule has 2 nitrogen and oxygen atoms in total. The molecular weight excluding hydrogens is 140 g/mol. The van der Waals surface area contributed by atoms with Gasteiger partial charge in [-0.1, -0.05) is 19.1 Å². The van der Waals surface area contributed by atoms with E-state index in [0.717, 1.165) is 6.42 Å². The van der Waals surface area contributed by atoms with Gasteiger partial charge in [0.05, 0.1) is 6.61 Å². The second-order valence-corrected chi connectivity index (χ2v) is 2.71. The fourth-order valence-electron chi connectivity index (χ4n) is 0.696. The van der Waals surface area contributed by atoms with Crippen LogP contribution in [0, 0.1) is 5.92 Å². The molecule has 2 heteroatoms. The predicted molar refractivity (Wildman–Crippen MR) is 45.2 cm³/mol. The van der Waals surface area contributed by atoms with Crippen molar-refractivity contribution in [2.24, 2.45) is 5.92 Å². The molecular formula is C9H16O2. The average molecular weight is 156 g/mol. The van der Waals surface area contributed by atoms with Gasteiger partial charge in [0.25, 0.3) is 0 Å². The first-order valence-corrected chi connectivity index (χ1v) is 3.91. The quantitative estimate of drug-likeness (QED) is 0.460. The van der Waals surface area contributed by atoms with Crippen LogP contribution in [0.5, 0.6) is 0 Å². The van der Waals surface area contributed by atoms with Crippen LogP contribution in [0.3, 0.4) is 0 Å². The molecule has 0 amide bonds. The second kappa shape index (κ2) is 5.96. The summed E-state index contributed by atoms with van der Waals surface area (Å²) in [5.74, 6) is 0.229. The molecule has 0 aliphatic rings. The summed E-state index contributed by atoms with van der Waals surface area (Å²) in [5.41, 5.74) is 0. The van der Waals surface area contributed by atoms with Crippen molar-refractivity contribution in [3.8, 4) is 0 Å². The zero-order chi connectivity index (χ0) is 8.69. The maximum atomic E-state index is 10.4. The minimum atomic E-state index is -0.197. The molecule has 64 valence electrons. The fraction of sp³-hybridized carbons (Fsp3) is 0.667. The number of carbonyl (C=O) groups is 1. The van der Waals surface area contributed by atoms with E-state index in [9.17, 15) is 4.79 Å². The first-order valence-electron chi connectivity index (χ1n) is 3.91. The number of hydrogen-bond donors (Lipinski definition) is 0. The van der Waals surface area contributed by atoms with E-state index in [2.05, 4.69) is 13.0 Å². The summed E-state index contributed by atoms with van der Waals surface area (Å²) in [6, 6.07) is 0. The van der Waals surface area contributed by atoms with E-state index in [4.69, 9.17) is 4.74 Å². The van der Waals surface area contributed by atoms with Crippen LogP contribution in [0.1, 0.15) is 27.2 Å². The minimum absolute atomic E-state index is 0.197. The lowest BCUT2D eigenvalue weighted by atomic mass is 10.1. The van der Waals surface area contributed by atoms with E-state index in [0.29, 0.717) is 12.5 Å². The number of ether oxygens (including phenoxy) is 1. The summed E-state index contributed by atoms with van der Waals surface area (Å²) in [5, 5.41) is 0. The monoisotopic (exact) mass is 156 g/mol. The Labute approximate surface area is 68.2 Å². The van der Waals surface area contributed by atoms with Crippen molar-refractivity contribution < 1.29 is 9.53 Å². The highest BCUT2D eigenvalue weighted by molar-refractivity contribution is 5.65. The second-order valence-electron chi connectivity index (χ2n) is 2.71. The van der Waals surface area contributed by atoms with E-state index < -0.39 is 0 Å². The number of carbonyl (C=O) groups excluding carboxylic acids is 1. The zero-order valence-electron chi connectivity index (χ0n) is 7.46. The van der Waals surface area contributed by atoms with Crippen molar-refractivity contribution in [3.05, 3.63) is 12.2 Å². The highest BCUT2D eigenvalue weighted by Gasteiger charge is 2.00. The van der Waals surface area contributed by atoms with Crippen LogP contribution in [0.4, 0.5) is 0 Å². The van der Waals surface area contributed by atoms with Gasteiger partial charge in [0, 0.05) is 6.92 Å². The summed E-state index contributed by atoms with van der Waals surface area (Å²) in [6.07, 6.45) is 5.06. The molecule has 0 aromatic carbocycles. The van der Waals surface area contributed by atoms with Crippen molar-refractivity contribution in [2.45, 2.75) is 27.2 Å². The van der Waals surface area contributed by atoms with E-state index in [-0.39, 0.29) is 5.97 Å².